The summed E-state index contributed by atoms with van der Waals surface area (Å²) in [5.74, 6) is 0.176. The standard InChI is InChI=1S/C16H24N2O.ClH/c1-2-7-15(13-8-4-3-5-9-13)16(19)18-14-10-6-11-17-12-14;/h3-5,8-9,14-15,17H,2,6-7,10-12H2,1H3,(H,18,19);1H. The molecule has 1 aliphatic heterocycles. The van der Waals surface area contributed by atoms with Gasteiger partial charge in [0.25, 0.3) is 0 Å². The van der Waals surface area contributed by atoms with E-state index in [9.17, 15) is 4.79 Å². The Labute approximate surface area is 127 Å². The zero-order chi connectivity index (χ0) is 13.5. The molecule has 1 heterocycles. The zero-order valence-corrected chi connectivity index (χ0v) is 12.9. The van der Waals surface area contributed by atoms with Crippen LogP contribution in [0.15, 0.2) is 30.3 Å². The third kappa shape index (κ3) is 4.80. The number of halogens is 1. The Kier molecular flexibility index (Phi) is 7.63. The number of nitrogens with one attached hydrogen (secondary N) is 2. The molecular weight excluding hydrogens is 272 g/mol. The summed E-state index contributed by atoms with van der Waals surface area (Å²) in [6, 6.07) is 10.4. The monoisotopic (exact) mass is 296 g/mol. The lowest BCUT2D eigenvalue weighted by Gasteiger charge is -2.26. The Morgan fingerprint density at radius 3 is 2.75 bits per heavy atom. The molecule has 20 heavy (non-hydrogen) atoms. The van der Waals surface area contributed by atoms with Crippen molar-refractivity contribution in [1.29, 1.82) is 0 Å². The molecule has 0 spiro atoms. The van der Waals surface area contributed by atoms with E-state index in [2.05, 4.69) is 29.7 Å². The Morgan fingerprint density at radius 2 is 2.15 bits per heavy atom. The SMILES string of the molecule is CCCC(C(=O)NC1CCCNC1)c1ccccc1.Cl. The molecular formula is C16H25ClN2O. The summed E-state index contributed by atoms with van der Waals surface area (Å²) in [6.45, 7) is 4.11. The second-order valence-electron chi connectivity index (χ2n) is 5.30. The summed E-state index contributed by atoms with van der Waals surface area (Å²) < 4.78 is 0. The van der Waals surface area contributed by atoms with E-state index in [0.29, 0.717) is 6.04 Å². The third-order valence-corrected chi connectivity index (χ3v) is 3.74. The smallest absolute Gasteiger partial charge is 0.227 e. The van der Waals surface area contributed by atoms with Crippen molar-refractivity contribution in [1.82, 2.24) is 10.6 Å². The van der Waals surface area contributed by atoms with Crippen molar-refractivity contribution in [2.75, 3.05) is 13.1 Å². The molecule has 4 heteroatoms. The van der Waals surface area contributed by atoms with Crippen LogP contribution >= 0.6 is 12.4 Å². The maximum absolute atomic E-state index is 12.5. The van der Waals surface area contributed by atoms with Crippen LogP contribution in [0, 0.1) is 0 Å². The number of amides is 1. The molecule has 1 aliphatic rings. The molecule has 1 fully saturated rings. The Bertz CT molecular complexity index is 391. The first-order valence-corrected chi connectivity index (χ1v) is 7.37. The highest BCUT2D eigenvalue weighted by Gasteiger charge is 2.23. The number of carbonyl (C=O) groups is 1. The second kappa shape index (κ2) is 8.98. The van der Waals surface area contributed by atoms with Gasteiger partial charge in [-0.05, 0) is 31.4 Å². The molecule has 0 radical (unpaired) electrons. The van der Waals surface area contributed by atoms with Crippen LogP contribution in [0.3, 0.4) is 0 Å². The molecule has 0 saturated carbocycles. The van der Waals surface area contributed by atoms with E-state index in [1.165, 1.54) is 0 Å². The highest BCUT2D eigenvalue weighted by molar-refractivity contribution is 5.85. The van der Waals surface area contributed by atoms with Crippen molar-refractivity contribution in [2.45, 2.75) is 44.6 Å². The van der Waals surface area contributed by atoms with Crippen molar-refractivity contribution in [3.63, 3.8) is 0 Å². The number of piperidine rings is 1. The second-order valence-corrected chi connectivity index (χ2v) is 5.30. The molecule has 2 rings (SSSR count). The summed E-state index contributed by atoms with van der Waals surface area (Å²) in [6.07, 6.45) is 4.17. The van der Waals surface area contributed by atoms with E-state index in [4.69, 9.17) is 0 Å². The first kappa shape index (κ1) is 17.0. The molecule has 2 unspecified atom stereocenters. The van der Waals surface area contributed by atoms with Gasteiger partial charge in [-0.1, -0.05) is 43.7 Å². The largest absolute Gasteiger partial charge is 0.352 e. The minimum Gasteiger partial charge on any atom is -0.352 e. The van der Waals surface area contributed by atoms with Crippen LogP contribution in [0.2, 0.25) is 0 Å². The fourth-order valence-electron chi connectivity index (χ4n) is 2.70. The topological polar surface area (TPSA) is 41.1 Å². The Morgan fingerprint density at radius 1 is 1.40 bits per heavy atom. The van der Waals surface area contributed by atoms with E-state index in [1.807, 2.05) is 18.2 Å². The molecule has 1 saturated heterocycles. The number of hydrogen-bond donors (Lipinski definition) is 2. The summed E-state index contributed by atoms with van der Waals surface area (Å²) in [5.41, 5.74) is 1.13. The number of carbonyl (C=O) groups excluding carboxylic acids is 1. The van der Waals surface area contributed by atoms with Gasteiger partial charge in [0.2, 0.25) is 5.91 Å². The average molecular weight is 297 g/mol. The predicted octanol–water partition coefficient (Wildman–Crippen LogP) is 2.86. The van der Waals surface area contributed by atoms with Crippen molar-refractivity contribution < 1.29 is 4.79 Å². The van der Waals surface area contributed by atoms with Gasteiger partial charge in [0.05, 0.1) is 5.92 Å². The van der Waals surface area contributed by atoms with E-state index in [0.717, 1.165) is 44.3 Å². The molecule has 1 amide bonds. The molecule has 1 aromatic carbocycles. The first-order valence-electron chi connectivity index (χ1n) is 7.37. The van der Waals surface area contributed by atoms with Crippen molar-refractivity contribution >= 4 is 18.3 Å². The van der Waals surface area contributed by atoms with E-state index < -0.39 is 0 Å². The number of benzene rings is 1. The average Bonchev–Trinajstić information content (AvgIpc) is 2.46. The van der Waals surface area contributed by atoms with E-state index >= 15 is 0 Å². The lowest BCUT2D eigenvalue weighted by Crippen LogP contribution is -2.47. The van der Waals surface area contributed by atoms with Gasteiger partial charge in [-0.25, -0.2) is 0 Å². The normalized spacial score (nSPS) is 19.8. The van der Waals surface area contributed by atoms with Gasteiger partial charge >= 0.3 is 0 Å². The Balaban J connectivity index is 0.00000200. The molecule has 0 bridgehead atoms. The minimum atomic E-state index is -0.00636. The molecule has 0 aromatic heterocycles. The van der Waals surface area contributed by atoms with Crippen molar-refractivity contribution in [2.24, 2.45) is 0 Å². The molecule has 1 aromatic rings. The van der Waals surface area contributed by atoms with Crippen LogP contribution in [0.25, 0.3) is 0 Å². The summed E-state index contributed by atoms with van der Waals surface area (Å²) >= 11 is 0. The van der Waals surface area contributed by atoms with Gasteiger partial charge in [0, 0.05) is 12.6 Å². The molecule has 0 aliphatic carbocycles. The van der Waals surface area contributed by atoms with Crippen LogP contribution in [0.1, 0.15) is 44.1 Å². The van der Waals surface area contributed by atoms with E-state index in [1.54, 1.807) is 0 Å². The van der Waals surface area contributed by atoms with Gasteiger partial charge < -0.3 is 10.6 Å². The molecule has 3 nitrogen and oxygen atoms in total. The minimum absolute atomic E-state index is 0. The van der Waals surface area contributed by atoms with Crippen molar-refractivity contribution in [3.05, 3.63) is 35.9 Å². The summed E-state index contributed by atoms with van der Waals surface area (Å²) in [4.78, 5) is 12.5. The summed E-state index contributed by atoms with van der Waals surface area (Å²) in [5, 5.41) is 6.54. The van der Waals surface area contributed by atoms with E-state index in [-0.39, 0.29) is 24.2 Å². The number of hydrogen-bond acceptors (Lipinski definition) is 2. The Hall–Kier alpha value is -1.06. The van der Waals surface area contributed by atoms with Gasteiger partial charge in [-0.3, -0.25) is 4.79 Å². The maximum atomic E-state index is 12.5. The lowest BCUT2D eigenvalue weighted by atomic mass is 9.93. The molecule has 112 valence electrons. The van der Waals surface area contributed by atoms with Crippen LogP contribution in [0.4, 0.5) is 0 Å². The lowest BCUT2D eigenvalue weighted by molar-refractivity contribution is -0.123. The molecule has 2 N–H and O–H groups in total. The highest BCUT2D eigenvalue weighted by Crippen LogP contribution is 2.21. The van der Waals surface area contributed by atoms with Crippen LogP contribution in [-0.4, -0.2) is 25.0 Å². The fraction of sp³-hybridized carbons (Fsp3) is 0.562. The maximum Gasteiger partial charge on any atom is 0.227 e. The van der Waals surface area contributed by atoms with Gasteiger partial charge in [-0.15, -0.1) is 12.4 Å². The highest BCUT2D eigenvalue weighted by atomic mass is 35.5. The van der Waals surface area contributed by atoms with Gasteiger partial charge in [0.1, 0.15) is 0 Å². The summed E-state index contributed by atoms with van der Waals surface area (Å²) in [7, 11) is 0. The number of rotatable bonds is 5. The van der Waals surface area contributed by atoms with Crippen LogP contribution in [-0.2, 0) is 4.79 Å². The first-order chi connectivity index (χ1) is 9.31. The van der Waals surface area contributed by atoms with Crippen LogP contribution < -0.4 is 10.6 Å². The van der Waals surface area contributed by atoms with Gasteiger partial charge in [-0.2, -0.15) is 0 Å². The predicted molar refractivity (Wildman–Crippen MR) is 85.4 cm³/mol. The van der Waals surface area contributed by atoms with Crippen LogP contribution in [0.5, 0.6) is 0 Å². The third-order valence-electron chi connectivity index (χ3n) is 3.74. The molecule has 2 atom stereocenters. The van der Waals surface area contributed by atoms with Crippen molar-refractivity contribution in [3.8, 4) is 0 Å². The zero-order valence-electron chi connectivity index (χ0n) is 12.1. The fourth-order valence-corrected chi connectivity index (χ4v) is 2.70. The quantitative estimate of drug-likeness (QED) is 0.877. The van der Waals surface area contributed by atoms with Gasteiger partial charge in [0.15, 0.2) is 0 Å².